The van der Waals surface area contributed by atoms with Crippen LogP contribution in [0.5, 0.6) is 0 Å². The fourth-order valence-corrected chi connectivity index (χ4v) is 4.85. The average Bonchev–Trinajstić information content (AvgIpc) is 3.07. The molecule has 2 aliphatic rings. The van der Waals surface area contributed by atoms with Crippen molar-refractivity contribution in [3.8, 4) is 0 Å². The number of urea groups is 1. The Morgan fingerprint density at radius 1 is 1.23 bits per heavy atom. The van der Waals surface area contributed by atoms with Crippen molar-refractivity contribution >= 4 is 27.7 Å². The van der Waals surface area contributed by atoms with Gasteiger partial charge in [-0.2, -0.15) is 0 Å². The minimum absolute atomic E-state index is 0.0390. The molecule has 9 heteroatoms. The van der Waals surface area contributed by atoms with Crippen molar-refractivity contribution in [1.82, 2.24) is 15.5 Å². The van der Waals surface area contributed by atoms with Crippen LogP contribution in [0.2, 0.25) is 0 Å². The molecule has 0 saturated carbocycles. The summed E-state index contributed by atoms with van der Waals surface area (Å²) < 4.78 is 22.8. The summed E-state index contributed by atoms with van der Waals surface area (Å²) in [6.45, 7) is 0.189. The Labute approximate surface area is 151 Å². The van der Waals surface area contributed by atoms with Crippen molar-refractivity contribution in [1.29, 1.82) is 0 Å². The third-order valence-electron chi connectivity index (χ3n) is 4.55. The van der Waals surface area contributed by atoms with Gasteiger partial charge in [-0.1, -0.05) is 30.3 Å². The highest BCUT2D eigenvalue weighted by atomic mass is 32.2. The minimum atomic E-state index is -3.06. The van der Waals surface area contributed by atoms with Gasteiger partial charge >= 0.3 is 6.03 Å². The molecule has 0 bridgehead atoms. The second-order valence-corrected chi connectivity index (χ2v) is 8.85. The number of hydrogen-bond acceptors (Lipinski definition) is 5. The van der Waals surface area contributed by atoms with Crippen LogP contribution in [0, 0.1) is 0 Å². The van der Waals surface area contributed by atoms with Gasteiger partial charge in [0.1, 0.15) is 6.04 Å². The standard InChI is InChI=1S/C17H21N3O5S/c21-15(18-13-8-9-26(24,25)11-13)7-6-14-16(22)20(17(23)19-14)10-12-4-2-1-3-5-12/h1-5,13-14H,6-11H2,(H,18,21)(H,19,23)/t13?,14-/m0/s1. The smallest absolute Gasteiger partial charge is 0.325 e. The van der Waals surface area contributed by atoms with Crippen LogP contribution in [0.3, 0.4) is 0 Å². The second kappa shape index (κ2) is 7.45. The molecular weight excluding hydrogens is 358 g/mol. The van der Waals surface area contributed by atoms with Crippen molar-refractivity contribution < 1.29 is 22.8 Å². The zero-order valence-corrected chi connectivity index (χ0v) is 15.0. The number of carbonyl (C=O) groups is 3. The predicted molar refractivity (Wildman–Crippen MR) is 93.7 cm³/mol. The Hall–Kier alpha value is -2.42. The van der Waals surface area contributed by atoms with Gasteiger partial charge in [0.25, 0.3) is 5.91 Å². The van der Waals surface area contributed by atoms with E-state index in [2.05, 4.69) is 10.6 Å². The number of nitrogens with one attached hydrogen (secondary N) is 2. The van der Waals surface area contributed by atoms with Gasteiger partial charge in [-0.05, 0) is 18.4 Å². The lowest BCUT2D eigenvalue weighted by molar-refractivity contribution is -0.128. The van der Waals surface area contributed by atoms with Gasteiger partial charge in [0, 0.05) is 12.5 Å². The zero-order valence-electron chi connectivity index (χ0n) is 14.2. The fraction of sp³-hybridized carbons (Fsp3) is 0.471. The first-order valence-corrected chi connectivity index (χ1v) is 10.3. The first-order valence-electron chi connectivity index (χ1n) is 8.50. The Morgan fingerprint density at radius 2 is 1.96 bits per heavy atom. The summed E-state index contributed by atoms with van der Waals surface area (Å²) in [5.74, 6) is -0.613. The molecule has 2 N–H and O–H groups in total. The molecule has 2 heterocycles. The van der Waals surface area contributed by atoms with E-state index in [0.29, 0.717) is 6.42 Å². The molecule has 2 saturated heterocycles. The predicted octanol–water partition coefficient (Wildman–Crippen LogP) is 0.191. The van der Waals surface area contributed by atoms with Gasteiger partial charge in [-0.25, -0.2) is 13.2 Å². The van der Waals surface area contributed by atoms with E-state index in [9.17, 15) is 22.8 Å². The van der Waals surface area contributed by atoms with Crippen LogP contribution < -0.4 is 10.6 Å². The zero-order chi connectivity index (χ0) is 18.7. The molecule has 0 aliphatic carbocycles. The molecule has 3 rings (SSSR count). The van der Waals surface area contributed by atoms with E-state index in [-0.39, 0.29) is 48.7 Å². The first-order chi connectivity index (χ1) is 12.3. The first kappa shape index (κ1) is 18.4. The van der Waals surface area contributed by atoms with Crippen molar-refractivity contribution in [3.05, 3.63) is 35.9 Å². The molecule has 0 aromatic heterocycles. The van der Waals surface area contributed by atoms with E-state index in [1.807, 2.05) is 30.3 Å². The molecular formula is C17H21N3O5S. The Morgan fingerprint density at radius 3 is 2.62 bits per heavy atom. The van der Waals surface area contributed by atoms with Crippen molar-refractivity contribution in [2.24, 2.45) is 0 Å². The molecule has 0 radical (unpaired) electrons. The topological polar surface area (TPSA) is 113 Å². The Bertz CT molecular complexity index is 809. The number of nitrogens with zero attached hydrogens (tertiary/aromatic N) is 1. The summed E-state index contributed by atoms with van der Waals surface area (Å²) in [5, 5.41) is 5.28. The maximum atomic E-state index is 12.4. The molecule has 2 atom stereocenters. The highest BCUT2D eigenvalue weighted by Crippen LogP contribution is 2.16. The minimum Gasteiger partial charge on any atom is -0.352 e. The van der Waals surface area contributed by atoms with Gasteiger partial charge in [0.15, 0.2) is 9.84 Å². The number of amides is 4. The van der Waals surface area contributed by atoms with Crippen LogP contribution in [-0.4, -0.2) is 54.8 Å². The molecule has 0 spiro atoms. The van der Waals surface area contributed by atoms with Crippen LogP contribution in [0.15, 0.2) is 30.3 Å². The van der Waals surface area contributed by atoms with Crippen LogP contribution >= 0.6 is 0 Å². The Balaban J connectivity index is 1.49. The van der Waals surface area contributed by atoms with Gasteiger partial charge in [-0.3, -0.25) is 14.5 Å². The summed E-state index contributed by atoms with van der Waals surface area (Å²) in [7, 11) is -3.06. The quantitative estimate of drug-likeness (QED) is 0.685. The van der Waals surface area contributed by atoms with Crippen molar-refractivity contribution in [2.45, 2.75) is 37.9 Å². The van der Waals surface area contributed by atoms with E-state index in [1.54, 1.807) is 0 Å². The number of rotatable bonds is 6. The van der Waals surface area contributed by atoms with E-state index >= 15 is 0 Å². The largest absolute Gasteiger partial charge is 0.352 e. The Kier molecular flexibility index (Phi) is 5.26. The number of carbonyl (C=O) groups excluding carboxylic acids is 3. The van der Waals surface area contributed by atoms with Gasteiger partial charge in [0.05, 0.1) is 18.1 Å². The molecule has 8 nitrogen and oxygen atoms in total. The van der Waals surface area contributed by atoms with E-state index in [0.717, 1.165) is 10.5 Å². The normalized spacial score (nSPS) is 24.5. The maximum Gasteiger partial charge on any atom is 0.325 e. The molecule has 2 aliphatic heterocycles. The fourth-order valence-electron chi connectivity index (χ4n) is 3.17. The van der Waals surface area contributed by atoms with Gasteiger partial charge in [0.2, 0.25) is 5.91 Å². The van der Waals surface area contributed by atoms with E-state index in [4.69, 9.17) is 0 Å². The number of benzene rings is 1. The van der Waals surface area contributed by atoms with E-state index in [1.165, 1.54) is 0 Å². The highest BCUT2D eigenvalue weighted by Gasteiger charge is 2.38. The second-order valence-electron chi connectivity index (χ2n) is 6.62. The molecule has 4 amide bonds. The molecule has 140 valence electrons. The lowest BCUT2D eigenvalue weighted by Crippen LogP contribution is -2.37. The monoisotopic (exact) mass is 379 g/mol. The number of imide groups is 1. The van der Waals surface area contributed by atoms with Crippen LogP contribution in [0.1, 0.15) is 24.8 Å². The van der Waals surface area contributed by atoms with Gasteiger partial charge < -0.3 is 10.6 Å². The van der Waals surface area contributed by atoms with Gasteiger partial charge in [-0.15, -0.1) is 0 Å². The van der Waals surface area contributed by atoms with Crippen LogP contribution in [0.4, 0.5) is 4.79 Å². The maximum absolute atomic E-state index is 12.4. The molecule has 1 unspecified atom stereocenters. The van der Waals surface area contributed by atoms with Crippen molar-refractivity contribution in [3.63, 3.8) is 0 Å². The number of hydrogen-bond donors (Lipinski definition) is 2. The average molecular weight is 379 g/mol. The molecule has 26 heavy (non-hydrogen) atoms. The highest BCUT2D eigenvalue weighted by molar-refractivity contribution is 7.91. The van der Waals surface area contributed by atoms with E-state index < -0.39 is 21.9 Å². The van der Waals surface area contributed by atoms with Crippen molar-refractivity contribution in [2.75, 3.05) is 11.5 Å². The third-order valence-corrected chi connectivity index (χ3v) is 6.32. The lowest BCUT2D eigenvalue weighted by Gasteiger charge is -2.14. The summed E-state index contributed by atoms with van der Waals surface area (Å²) in [5.41, 5.74) is 0.844. The third kappa shape index (κ3) is 4.40. The number of sulfone groups is 1. The van der Waals surface area contributed by atoms with Crippen LogP contribution in [0.25, 0.3) is 0 Å². The summed E-state index contributed by atoms with van der Waals surface area (Å²) >= 11 is 0. The molecule has 1 aromatic carbocycles. The molecule has 2 fully saturated rings. The summed E-state index contributed by atoms with van der Waals surface area (Å²) in [4.78, 5) is 37.5. The molecule has 1 aromatic rings. The summed E-state index contributed by atoms with van der Waals surface area (Å²) in [6.07, 6.45) is 0.644. The summed E-state index contributed by atoms with van der Waals surface area (Å²) in [6, 6.07) is 7.62. The van der Waals surface area contributed by atoms with Crippen LogP contribution in [-0.2, 0) is 26.0 Å². The SMILES string of the molecule is O=C(CC[C@@H]1NC(=O)N(Cc2ccccc2)C1=O)NC1CCS(=O)(=O)C1. The lowest BCUT2D eigenvalue weighted by atomic mass is 10.1.